The molecule has 3 N–H and O–H groups in total. The van der Waals surface area contributed by atoms with Gasteiger partial charge >= 0.3 is 0 Å². The molecule has 21 heavy (non-hydrogen) atoms. The molecule has 116 valence electrons. The number of rotatable bonds is 4. The number of hydrogen-bond donors (Lipinski definition) is 2. The lowest BCUT2D eigenvalue weighted by atomic mass is 9.96. The van der Waals surface area contributed by atoms with Crippen LogP contribution in [0.1, 0.15) is 28.8 Å². The molecule has 1 aliphatic heterocycles. The second kappa shape index (κ2) is 6.91. The highest BCUT2D eigenvalue weighted by Crippen LogP contribution is 2.20. The molecule has 1 heterocycles. The Labute approximate surface area is 127 Å². The number of carbonyl (C=O) groups excluding carboxylic acids is 1. The fraction of sp³-hybridized carbons (Fsp3) is 0.562. The topological polar surface area (TPSA) is 61.6 Å². The van der Waals surface area contributed by atoms with Crippen LogP contribution in [0.4, 0.5) is 5.69 Å². The summed E-state index contributed by atoms with van der Waals surface area (Å²) in [6, 6.07) is 5.58. The minimum absolute atomic E-state index is 0.0926. The second-order valence-electron chi connectivity index (χ2n) is 6.11. The Morgan fingerprint density at radius 1 is 1.43 bits per heavy atom. The summed E-state index contributed by atoms with van der Waals surface area (Å²) in [6.07, 6.45) is 2.34. The standard InChI is InChI=1S/C16H26N4O/c1-12-10-14(18-17)4-5-15(12)16(21)20(3)11-13-6-8-19(2)9-7-13/h4-5,10,13,18H,6-9,11,17H2,1-3H3. The van der Waals surface area contributed by atoms with E-state index in [2.05, 4.69) is 17.4 Å². The van der Waals surface area contributed by atoms with Crippen LogP contribution in [0.15, 0.2) is 18.2 Å². The van der Waals surface area contributed by atoms with Gasteiger partial charge in [0.15, 0.2) is 0 Å². The molecule has 5 heteroatoms. The van der Waals surface area contributed by atoms with E-state index >= 15 is 0 Å². The summed E-state index contributed by atoms with van der Waals surface area (Å²) in [5.41, 5.74) is 5.13. The molecule has 1 fully saturated rings. The number of likely N-dealkylation sites (tertiary alicyclic amines) is 1. The van der Waals surface area contributed by atoms with Crippen molar-refractivity contribution in [1.82, 2.24) is 9.80 Å². The van der Waals surface area contributed by atoms with Crippen molar-refractivity contribution in [3.8, 4) is 0 Å². The predicted molar refractivity (Wildman–Crippen MR) is 86.2 cm³/mol. The highest BCUT2D eigenvalue weighted by atomic mass is 16.2. The molecule has 0 aliphatic carbocycles. The van der Waals surface area contributed by atoms with Gasteiger partial charge in [0, 0.05) is 24.8 Å². The van der Waals surface area contributed by atoms with E-state index in [0.717, 1.165) is 36.4 Å². The molecule has 0 bridgehead atoms. The summed E-state index contributed by atoms with van der Waals surface area (Å²) in [7, 11) is 4.05. The van der Waals surface area contributed by atoms with Crippen molar-refractivity contribution in [3.63, 3.8) is 0 Å². The minimum atomic E-state index is 0.0926. The van der Waals surface area contributed by atoms with Gasteiger partial charge in [0.1, 0.15) is 0 Å². The Balaban J connectivity index is 1.99. The SMILES string of the molecule is Cc1cc(NN)ccc1C(=O)N(C)CC1CCN(C)CC1. The van der Waals surface area contributed by atoms with E-state index in [1.54, 1.807) is 0 Å². The van der Waals surface area contributed by atoms with Gasteiger partial charge in [-0.2, -0.15) is 0 Å². The van der Waals surface area contributed by atoms with Crippen LogP contribution in [-0.2, 0) is 0 Å². The smallest absolute Gasteiger partial charge is 0.253 e. The molecular formula is C16H26N4O. The van der Waals surface area contributed by atoms with E-state index in [0.29, 0.717) is 5.92 Å². The lowest BCUT2D eigenvalue weighted by Gasteiger charge is -2.31. The quantitative estimate of drug-likeness (QED) is 0.654. The number of carbonyl (C=O) groups is 1. The third kappa shape index (κ3) is 3.95. The van der Waals surface area contributed by atoms with Crippen molar-refractivity contribution in [2.45, 2.75) is 19.8 Å². The lowest BCUT2D eigenvalue weighted by Crippen LogP contribution is -2.38. The Morgan fingerprint density at radius 3 is 2.67 bits per heavy atom. The molecule has 1 amide bonds. The van der Waals surface area contributed by atoms with E-state index in [9.17, 15) is 4.79 Å². The Hall–Kier alpha value is -1.59. The predicted octanol–water partition coefficient (Wildman–Crippen LogP) is 1.69. The van der Waals surface area contributed by atoms with Crippen LogP contribution in [0, 0.1) is 12.8 Å². The van der Waals surface area contributed by atoms with E-state index in [1.807, 2.05) is 37.1 Å². The molecule has 2 rings (SSSR count). The summed E-state index contributed by atoms with van der Waals surface area (Å²) >= 11 is 0. The monoisotopic (exact) mass is 290 g/mol. The Kier molecular flexibility index (Phi) is 5.20. The van der Waals surface area contributed by atoms with Gasteiger partial charge in [0.05, 0.1) is 0 Å². The first-order valence-corrected chi connectivity index (χ1v) is 7.52. The van der Waals surface area contributed by atoms with Crippen LogP contribution >= 0.6 is 0 Å². The molecule has 5 nitrogen and oxygen atoms in total. The number of nitrogens with two attached hydrogens (primary N) is 1. The van der Waals surface area contributed by atoms with E-state index in [-0.39, 0.29) is 5.91 Å². The third-order valence-electron chi connectivity index (χ3n) is 4.34. The van der Waals surface area contributed by atoms with Gasteiger partial charge in [-0.05, 0) is 69.6 Å². The van der Waals surface area contributed by atoms with E-state index < -0.39 is 0 Å². The van der Waals surface area contributed by atoms with Crippen molar-refractivity contribution in [1.29, 1.82) is 0 Å². The zero-order valence-electron chi connectivity index (χ0n) is 13.2. The third-order valence-corrected chi connectivity index (χ3v) is 4.34. The summed E-state index contributed by atoms with van der Waals surface area (Å²) < 4.78 is 0. The zero-order chi connectivity index (χ0) is 15.4. The maximum atomic E-state index is 12.6. The molecule has 0 spiro atoms. The van der Waals surface area contributed by atoms with Gasteiger partial charge in [-0.15, -0.1) is 0 Å². The zero-order valence-corrected chi connectivity index (χ0v) is 13.2. The second-order valence-corrected chi connectivity index (χ2v) is 6.11. The van der Waals surface area contributed by atoms with Gasteiger partial charge < -0.3 is 15.2 Å². The van der Waals surface area contributed by atoms with Crippen molar-refractivity contribution in [2.24, 2.45) is 11.8 Å². The molecule has 1 saturated heterocycles. The molecule has 1 aromatic carbocycles. The number of piperidine rings is 1. The van der Waals surface area contributed by atoms with E-state index in [4.69, 9.17) is 5.84 Å². The summed E-state index contributed by atoms with van der Waals surface area (Å²) in [4.78, 5) is 16.8. The molecular weight excluding hydrogens is 264 g/mol. The number of hydrazine groups is 1. The summed E-state index contributed by atoms with van der Waals surface area (Å²) in [5.74, 6) is 6.09. The number of benzene rings is 1. The Bertz CT molecular complexity index is 495. The molecule has 0 radical (unpaired) electrons. The van der Waals surface area contributed by atoms with Gasteiger partial charge in [0.2, 0.25) is 0 Å². The van der Waals surface area contributed by atoms with Crippen LogP contribution in [-0.4, -0.2) is 49.4 Å². The van der Waals surface area contributed by atoms with Gasteiger partial charge in [-0.1, -0.05) is 0 Å². The van der Waals surface area contributed by atoms with Crippen LogP contribution in [0.3, 0.4) is 0 Å². The minimum Gasteiger partial charge on any atom is -0.341 e. The van der Waals surface area contributed by atoms with Crippen molar-refractivity contribution >= 4 is 11.6 Å². The fourth-order valence-electron chi connectivity index (χ4n) is 2.91. The first-order valence-electron chi connectivity index (χ1n) is 7.52. The van der Waals surface area contributed by atoms with Crippen molar-refractivity contribution < 1.29 is 4.79 Å². The van der Waals surface area contributed by atoms with Crippen molar-refractivity contribution in [2.75, 3.05) is 39.2 Å². The Morgan fingerprint density at radius 2 is 2.10 bits per heavy atom. The van der Waals surface area contributed by atoms with Gasteiger partial charge in [-0.3, -0.25) is 10.6 Å². The fourth-order valence-corrected chi connectivity index (χ4v) is 2.91. The summed E-state index contributed by atoms with van der Waals surface area (Å²) in [5, 5.41) is 0. The van der Waals surface area contributed by atoms with Gasteiger partial charge in [0.25, 0.3) is 5.91 Å². The number of nitrogens with one attached hydrogen (secondary N) is 1. The molecule has 0 saturated carbocycles. The number of nitrogen functional groups attached to an aromatic ring is 1. The average molecular weight is 290 g/mol. The molecule has 0 aromatic heterocycles. The maximum Gasteiger partial charge on any atom is 0.253 e. The molecule has 1 aliphatic rings. The average Bonchev–Trinajstić information content (AvgIpc) is 2.48. The molecule has 0 unspecified atom stereocenters. The lowest BCUT2D eigenvalue weighted by molar-refractivity contribution is 0.0746. The highest BCUT2D eigenvalue weighted by Gasteiger charge is 2.21. The number of nitrogens with zero attached hydrogens (tertiary/aromatic N) is 2. The molecule has 1 aromatic rings. The first kappa shape index (κ1) is 15.8. The van der Waals surface area contributed by atoms with Crippen LogP contribution < -0.4 is 11.3 Å². The number of aryl methyl sites for hydroxylation is 1. The highest BCUT2D eigenvalue weighted by molar-refractivity contribution is 5.95. The molecule has 0 atom stereocenters. The number of anilines is 1. The van der Waals surface area contributed by atoms with Crippen LogP contribution in [0.5, 0.6) is 0 Å². The van der Waals surface area contributed by atoms with Crippen LogP contribution in [0.25, 0.3) is 0 Å². The largest absolute Gasteiger partial charge is 0.341 e. The van der Waals surface area contributed by atoms with E-state index in [1.165, 1.54) is 12.8 Å². The number of hydrogen-bond acceptors (Lipinski definition) is 4. The first-order chi connectivity index (χ1) is 10.0. The normalized spacial score (nSPS) is 16.8. The van der Waals surface area contributed by atoms with Crippen molar-refractivity contribution in [3.05, 3.63) is 29.3 Å². The van der Waals surface area contributed by atoms with Crippen LogP contribution in [0.2, 0.25) is 0 Å². The summed E-state index contributed by atoms with van der Waals surface area (Å²) in [6.45, 7) is 5.03. The van der Waals surface area contributed by atoms with Gasteiger partial charge in [-0.25, -0.2) is 0 Å². The number of amides is 1. The maximum absolute atomic E-state index is 12.6.